The van der Waals surface area contributed by atoms with Crippen LogP contribution in [-0.2, 0) is 14.3 Å². The van der Waals surface area contributed by atoms with E-state index < -0.39 is 0 Å². The van der Waals surface area contributed by atoms with Crippen molar-refractivity contribution in [2.75, 3.05) is 26.0 Å². The number of aromatic nitrogens is 2. The van der Waals surface area contributed by atoms with E-state index in [2.05, 4.69) is 26.1 Å². The Bertz CT molecular complexity index is 773. The maximum absolute atomic E-state index is 12.3. The predicted molar refractivity (Wildman–Crippen MR) is 99.5 cm³/mol. The zero-order valence-corrected chi connectivity index (χ0v) is 16.6. The number of carbonyl (C=O) groups is 2. The molecule has 1 aliphatic rings. The number of thioether (sulfide) groups is 1. The number of halogens is 1. The highest BCUT2D eigenvalue weighted by atomic mass is 79.9. The molecule has 1 fully saturated rings. The molecule has 3 rings (SSSR count). The Kier molecular flexibility index (Phi) is 6.31. The van der Waals surface area contributed by atoms with Crippen molar-refractivity contribution in [3.8, 4) is 11.5 Å². The van der Waals surface area contributed by atoms with E-state index in [1.807, 2.05) is 24.3 Å². The van der Waals surface area contributed by atoms with Crippen LogP contribution in [-0.4, -0.2) is 52.9 Å². The Hall–Kier alpha value is -1.87. The highest BCUT2D eigenvalue weighted by Gasteiger charge is 2.28. The Morgan fingerprint density at radius 3 is 2.62 bits per heavy atom. The third kappa shape index (κ3) is 4.64. The first-order valence-corrected chi connectivity index (χ1v) is 9.92. The normalized spacial score (nSPS) is 15.1. The van der Waals surface area contributed by atoms with E-state index in [-0.39, 0.29) is 23.5 Å². The zero-order chi connectivity index (χ0) is 18.5. The van der Waals surface area contributed by atoms with Crippen LogP contribution in [0.15, 0.2) is 38.4 Å². The molecule has 7 nitrogen and oxygen atoms in total. The fourth-order valence-electron chi connectivity index (χ4n) is 2.72. The molecule has 2 heterocycles. The average Bonchev–Trinajstić information content (AvgIpc) is 3.15. The van der Waals surface area contributed by atoms with E-state index in [0.29, 0.717) is 37.0 Å². The molecule has 0 atom stereocenters. The fraction of sp³-hybridized carbons (Fsp3) is 0.412. The van der Waals surface area contributed by atoms with Gasteiger partial charge in [-0.2, -0.15) is 0 Å². The molecule has 138 valence electrons. The van der Waals surface area contributed by atoms with E-state index in [0.717, 1.165) is 10.0 Å². The molecule has 2 aromatic rings. The zero-order valence-electron chi connectivity index (χ0n) is 14.2. The highest BCUT2D eigenvalue weighted by molar-refractivity contribution is 9.10. The number of ether oxygens (including phenoxy) is 1. The van der Waals surface area contributed by atoms with Crippen LogP contribution >= 0.6 is 27.7 Å². The molecule has 1 aromatic heterocycles. The van der Waals surface area contributed by atoms with Crippen LogP contribution in [0.3, 0.4) is 0 Å². The second-order valence-electron chi connectivity index (χ2n) is 5.85. The molecule has 1 aliphatic heterocycles. The molecule has 0 saturated carbocycles. The van der Waals surface area contributed by atoms with E-state index in [1.54, 1.807) is 4.90 Å². The van der Waals surface area contributed by atoms with Crippen LogP contribution in [0, 0.1) is 5.92 Å². The minimum Gasteiger partial charge on any atom is -0.469 e. The fourth-order valence-corrected chi connectivity index (χ4v) is 3.65. The molecule has 26 heavy (non-hydrogen) atoms. The van der Waals surface area contributed by atoms with Crippen LogP contribution in [0.25, 0.3) is 11.5 Å². The number of hydrogen-bond donors (Lipinski definition) is 0. The molecule has 0 unspecified atom stereocenters. The van der Waals surface area contributed by atoms with E-state index >= 15 is 0 Å². The lowest BCUT2D eigenvalue weighted by Crippen LogP contribution is -2.41. The number of rotatable bonds is 5. The van der Waals surface area contributed by atoms with Crippen molar-refractivity contribution in [1.29, 1.82) is 0 Å². The Morgan fingerprint density at radius 2 is 1.96 bits per heavy atom. The van der Waals surface area contributed by atoms with Gasteiger partial charge in [-0.3, -0.25) is 9.59 Å². The standard InChI is InChI=1S/C17H18BrN3O4S/c1-24-16(23)12-6-8-21(9-7-12)14(22)10-26-17-20-19-15(25-17)11-2-4-13(18)5-3-11/h2-5,12H,6-10H2,1H3. The molecule has 0 aliphatic carbocycles. The van der Waals surface area contributed by atoms with Crippen molar-refractivity contribution < 1.29 is 18.7 Å². The van der Waals surface area contributed by atoms with Crippen LogP contribution in [0.1, 0.15) is 12.8 Å². The van der Waals surface area contributed by atoms with Crippen molar-refractivity contribution in [2.45, 2.75) is 18.1 Å². The summed E-state index contributed by atoms with van der Waals surface area (Å²) in [5.74, 6) is 0.345. The van der Waals surface area contributed by atoms with E-state index in [1.165, 1.54) is 18.9 Å². The predicted octanol–water partition coefficient (Wildman–Crippen LogP) is 3.00. The number of piperidine rings is 1. The highest BCUT2D eigenvalue weighted by Crippen LogP contribution is 2.25. The molecular formula is C17H18BrN3O4S. The summed E-state index contributed by atoms with van der Waals surface area (Å²) in [6.45, 7) is 1.13. The molecule has 1 amide bonds. The summed E-state index contributed by atoms with van der Waals surface area (Å²) in [5.41, 5.74) is 0.823. The van der Waals surface area contributed by atoms with Crippen LogP contribution < -0.4 is 0 Å². The molecule has 0 bridgehead atoms. The van der Waals surface area contributed by atoms with Gasteiger partial charge in [0.1, 0.15) is 0 Å². The molecule has 1 aromatic carbocycles. The molecule has 9 heteroatoms. The quantitative estimate of drug-likeness (QED) is 0.522. The summed E-state index contributed by atoms with van der Waals surface area (Å²) in [6.07, 6.45) is 1.27. The average molecular weight is 440 g/mol. The number of esters is 1. The van der Waals surface area contributed by atoms with Gasteiger partial charge in [0.05, 0.1) is 18.8 Å². The second-order valence-corrected chi connectivity index (χ2v) is 7.69. The number of hydrogen-bond acceptors (Lipinski definition) is 7. The third-order valence-corrected chi connectivity index (χ3v) is 5.53. The topological polar surface area (TPSA) is 85.5 Å². The lowest BCUT2D eigenvalue weighted by molar-refractivity contribution is -0.148. The SMILES string of the molecule is COC(=O)C1CCN(C(=O)CSc2nnc(-c3ccc(Br)cc3)o2)CC1. The Labute approximate surface area is 163 Å². The lowest BCUT2D eigenvalue weighted by Gasteiger charge is -2.30. The van der Waals surface area contributed by atoms with Gasteiger partial charge in [0.2, 0.25) is 11.8 Å². The van der Waals surface area contributed by atoms with Gasteiger partial charge in [0.15, 0.2) is 0 Å². The molecule has 0 spiro atoms. The number of likely N-dealkylation sites (tertiary alicyclic amines) is 1. The molecule has 0 N–H and O–H groups in total. The van der Waals surface area contributed by atoms with E-state index in [9.17, 15) is 9.59 Å². The molecule has 1 saturated heterocycles. The Balaban J connectivity index is 1.49. The summed E-state index contributed by atoms with van der Waals surface area (Å²) in [6, 6.07) is 7.55. The maximum atomic E-state index is 12.3. The summed E-state index contributed by atoms with van der Waals surface area (Å²) in [4.78, 5) is 25.6. The third-order valence-electron chi connectivity index (χ3n) is 4.20. The summed E-state index contributed by atoms with van der Waals surface area (Å²) < 4.78 is 11.3. The minimum absolute atomic E-state index is 0.00158. The number of benzene rings is 1. The van der Waals surface area contributed by atoms with Crippen molar-refractivity contribution in [2.24, 2.45) is 5.92 Å². The van der Waals surface area contributed by atoms with Crippen LogP contribution in [0.4, 0.5) is 0 Å². The maximum Gasteiger partial charge on any atom is 0.308 e. The van der Waals surface area contributed by atoms with Crippen molar-refractivity contribution in [1.82, 2.24) is 15.1 Å². The summed E-state index contributed by atoms with van der Waals surface area (Å²) in [7, 11) is 1.39. The molecular weight excluding hydrogens is 422 g/mol. The lowest BCUT2D eigenvalue weighted by atomic mass is 9.97. The smallest absolute Gasteiger partial charge is 0.308 e. The molecule has 0 radical (unpaired) electrons. The van der Waals surface area contributed by atoms with Crippen molar-refractivity contribution >= 4 is 39.6 Å². The minimum atomic E-state index is -0.196. The Morgan fingerprint density at radius 1 is 1.27 bits per heavy atom. The number of carbonyl (C=O) groups excluding carboxylic acids is 2. The first kappa shape index (κ1) is 18.9. The summed E-state index contributed by atoms with van der Waals surface area (Å²) >= 11 is 4.60. The number of amides is 1. The summed E-state index contributed by atoms with van der Waals surface area (Å²) in [5, 5.41) is 8.36. The van der Waals surface area contributed by atoms with Crippen LogP contribution in [0.5, 0.6) is 0 Å². The van der Waals surface area contributed by atoms with Gasteiger partial charge in [-0.05, 0) is 37.1 Å². The van der Waals surface area contributed by atoms with Gasteiger partial charge in [-0.1, -0.05) is 27.7 Å². The van der Waals surface area contributed by atoms with Crippen molar-refractivity contribution in [3.63, 3.8) is 0 Å². The van der Waals surface area contributed by atoms with Gasteiger partial charge in [-0.25, -0.2) is 0 Å². The largest absolute Gasteiger partial charge is 0.469 e. The number of nitrogens with zero attached hydrogens (tertiary/aromatic N) is 3. The van der Waals surface area contributed by atoms with Gasteiger partial charge in [0.25, 0.3) is 5.22 Å². The number of methoxy groups -OCH3 is 1. The second kappa shape index (κ2) is 8.68. The van der Waals surface area contributed by atoms with Crippen molar-refractivity contribution in [3.05, 3.63) is 28.7 Å². The van der Waals surface area contributed by atoms with Gasteiger partial charge >= 0.3 is 5.97 Å². The van der Waals surface area contributed by atoms with Gasteiger partial charge in [-0.15, -0.1) is 10.2 Å². The van der Waals surface area contributed by atoms with Gasteiger partial charge < -0.3 is 14.1 Å². The van der Waals surface area contributed by atoms with E-state index in [4.69, 9.17) is 9.15 Å². The first-order valence-electron chi connectivity index (χ1n) is 8.14. The monoisotopic (exact) mass is 439 g/mol. The van der Waals surface area contributed by atoms with Gasteiger partial charge in [0, 0.05) is 23.1 Å². The van der Waals surface area contributed by atoms with Crippen LogP contribution in [0.2, 0.25) is 0 Å². The first-order chi connectivity index (χ1) is 12.6.